The van der Waals surface area contributed by atoms with Crippen LogP contribution in [0.3, 0.4) is 0 Å². The second-order valence-electron chi connectivity index (χ2n) is 4.83. The van der Waals surface area contributed by atoms with Gasteiger partial charge in [-0.25, -0.2) is 4.39 Å². The molecule has 2 N–H and O–H groups in total. The van der Waals surface area contributed by atoms with Gasteiger partial charge in [0.2, 0.25) is 0 Å². The molecule has 2 aromatic carbocycles. The first-order valence-corrected chi connectivity index (χ1v) is 6.97. The Labute approximate surface area is 124 Å². The summed E-state index contributed by atoms with van der Waals surface area (Å²) in [6.45, 7) is 1.05. The van der Waals surface area contributed by atoms with Crippen LogP contribution < -0.4 is 10.1 Å². The van der Waals surface area contributed by atoms with Crippen molar-refractivity contribution in [1.82, 2.24) is 5.32 Å². The summed E-state index contributed by atoms with van der Waals surface area (Å²) in [5.41, 5.74) is 1.51. The van der Waals surface area contributed by atoms with Crippen molar-refractivity contribution in [2.24, 2.45) is 0 Å². The molecule has 3 nitrogen and oxygen atoms in total. The van der Waals surface area contributed by atoms with Gasteiger partial charge in [0.15, 0.2) is 0 Å². The lowest BCUT2D eigenvalue weighted by molar-refractivity contribution is 0.175. The number of ether oxygens (including phenoxy) is 1. The molecule has 4 heteroatoms. The Morgan fingerprint density at radius 3 is 2.52 bits per heavy atom. The van der Waals surface area contributed by atoms with Crippen molar-refractivity contribution in [3.8, 4) is 5.75 Å². The van der Waals surface area contributed by atoms with Crippen molar-refractivity contribution in [2.45, 2.75) is 12.5 Å². The summed E-state index contributed by atoms with van der Waals surface area (Å²) in [5.74, 6) is 0.577. The van der Waals surface area contributed by atoms with Crippen LogP contribution in [0.15, 0.2) is 48.5 Å². The van der Waals surface area contributed by atoms with Crippen molar-refractivity contribution in [3.63, 3.8) is 0 Å². The first kappa shape index (κ1) is 15.5. The summed E-state index contributed by atoms with van der Waals surface area (Å²) in [6.07, 6.45) is 0.0127. The van der Waals surface area contributed by atoms with Crippen LogP contribution in [0.4, 0.5) is 4.39 Å². The van der Waals surface area contributed by atoms with Crippen LogP contribution in [0.5, 0.6) is 5.75 Å². The average molecular weight is 289 g/mol. The third-order valence-electron chi connectivity index (χ3n) is 3.37. The number of hydrogen-bond donors (Lipinski definition) is 2. The zero-order valence-electron chi connectivity index (χ0n) is 12.1. The average Bonchev–Trinajstić information content (AvgIpc) is 2.53. The van der Waals surface area contributed by atoms with Gasteiger partial charge in [-0.2, -0.15) is 0 Å². The minimum atomic E-state index is -0.587. The Kier molecular flexibility index (Phi) is 5.72. The van der Waals surface area contributed by atoms with Crippen LogP contribution in [0, 0.1) is 5.82 Å². The summed E-state index contributed by atoms with van der Waals surface area (Å²) in [6, 6.07) is 14.0. The Bertz CT molecular complexity index is 557. The Morgan fingerprint density at radius 1 is 1.14 bits per heavy atom. The Balaban J connectivity index is 1.76. The highest BCUT2D eigenvalue weighted by Crippen LogP contribution is 2.17. The van der Waals surface area contributed by atoms with Gasteiger partial charge in [0.25, 0.3) is 0 Å². The minimum Gasteiger partial charge on any atom is -0.497 e. The Hall–Kier alpha value is -1.91. The molecule has 0 spiro atoms. The number of methoxy groups -OCH3 is 1. The second kappa shape index (κ2) is 7.76. The molecule has 112 valence electrons. The van der Waals surface area contributed by atoms with Crippen molar-refractivity contribution in [2.75, 3.05) is 20.2 Å². The molecule has 0 amide bonds. The SMILES string of the molecule is COc1ccc(C(O)CNCCc2ccccc2F)cc1. The molecule has 2 rings (SSSR count). The monoisotopic (exact) mass is 289 g/mol. The van der Waals surface area contributed by atoms with E-state index in [0.717, 1.165) is 11.3 Å². The molecule has 0 aliphatic heterocycles. The molecule has 0 aliphatic rings. The summed E-state index contributed by atoms with van der Waals surface area (Å²) in [5, 5.41) is 13.2. The number of benzene rings is 2. The molecule has 2 aromatic rings. The van der Waals surface area contributed by atoms with E-state index in [-0.39, 0.29) is 5.82 Å². The quantitative estimate of drug-likeness (QED) is 0.770. The zero-order chi connectivity index (χ0) is 15.1. The van der Waals surface area contributed by atoms with Gasteiger partial charge in [-0.15, -0.1) is 0 Å². The molecule has 1 unspecified atom stereocenters. The minimum absolute atomic E-state index is 0.185. The highest BCUT2D eigenvalue weighted by atomic mass is 19.1. The van der Waals surface area contributed by atoms with E-state index in [1.807, 2.05) is 30.3 Å². The summed E-state index contributed by atoms with van der Waals surface area (Å²) < 4.78 is 18.5. The molecule has 21 heavy (non-hydrogen) atoms. The normalized spacial score (nSPS) is 12.1. The van der Waals surface area contributed by atoms with Gasteiger partial charge in [0, 0.05) is 6.54 Å². The fraction of sp³-hybridized carbons (Fsp3) is 0.294. The molecular weight excluding hydrogens is 269 g/mol. The third kappa shape index (κ3) is 4.55. The number of rotatable bonds is 7. The molecule has 0 heterocycles. The number of aliphatic hydroxyl groups is 1. The number of aliphatic hydroxyl groups excluding tert-OH is 1. The molecule has 1 atom stereocenters. The van der Waals surface area contributed by atoms with E-state index < -0.39 is 6.10 Å². The van der Waals surface area contributed by atoms with E-state index in [4.69, 9.17) is 4.74 Å². The largest absolute Gasteiger partial charge is 0.497 e. The van der Waals surface area contributed by atoms with Crippen molar-refractivity contribution in [3.05, 3.63) is 65.5 Å². The highest BCUT2D eigenvalue weighted by Gasteiger charge is 2.07. The molecule has 0 bridgehead atoms. The van der Waals surface area contributed by atoms with Crippen LogP contribution in [0.25, 0.3) is 0 Å². The predicted octanol–water partition coefficient (Wildman–Crippen LogP) is 2.70. The van der Waals surface area contributed by atoms with Crippen LogP contribution in [-0.2, 0) is 6.42 Å². The zero-order valence-corrected chi connectivity index (χ0v) is 12.1. The lowest BCUT2D eigenvalue weighted by Gasteiger charge is -2.13. The highest BCUT2D eigenvalue weighted by molar-refractivity contribution is 5.28. The van der Waals surface area contributed by atoms with Gasteiger partial charge in [-0.1, -0.05) is 30.3 Å². The molecule has 0 saturated heterocycles. The molecule has 0 fully saturated rings. The third-order valence-corrected chi connectivity index (χ3v) is 3.37. The van der Waals surface area contributed by atoms with E-state index in [0.29, 0.717) is 25.1 Å². The number of halogens is 1. The fourth-order valence-electron chi connectivity index (χ4n) is 2.11. The first-order chi connectivity index (χ1) is 10.2. The Morgan fingerprint density at radius 2 is 1.86 bits per heavy atom. The topological polar surface area (TPSA) is 41.5 Å². The molecule has 0 aromatic heterocycles. The van der Waals surface area contributed by atoms with E-state index in [1.165, 1.54) is 6.07 Å². The maximum absolute atomic E-state index is 13.4. The smallest absolute Gasteiger partial charge is 0.126 e. The molecule has 0 saturated carbocycles. The van der Waals surface area contributed by atoms with Gasteiger partial charge < -0.3 is 15.2 Å². The van der Waals surface area contributed by atoms with E-state index >= 15 is 0 Å². The lowest BCUT2D eigenvalue weighted by Crippen LogP contribution is -2.24. The summed E-state index contributed by atoms with van der Waals surface area (Å²) in [7, 11) is 1.61. The fourth-order valence-corrected chi connectivity index (χ4v) is 2.11. The first-order valence-electron chi connectivity index (χ1n) is 6.97. The standard InChI is InChI=1S/C17H20FNO2/c1-21-15-8-6-14(7-9-15)17(20)12-19-11-10-13-4-2-3-5-16(13)18/h2-9,17,19-20H,10-12H2,1H3. The second-order valence-corrected chi connectivity index (χ2v) is 4.83. The van der Waals surface area contributed by atoms with Gasteiger partial charge in [0.05, 0.1) is 13.2 Å². The van der Waals surface area contributed by atoms with Crippen LogP contribution in [0.2, 0.25) is 0 Å². The predicted molar refractivity (Wildman–Crippen MR) is 80.9 cm³/mol. The molecule has 0 radical (unpaired) electrons. The maximum Gasteiger partial charge on any atom is 0.126 e. The van der Waals surface area contributed by atoms with E-state index in [1.54, 1.807) is 19.2 Å². The van der Waals surface area contributed by atoms with Crippen LogP contribution >= 0.6 is 0 Å². The van der Waals surface area contributed by atoms with Crippen molar-refractivity contribution in [1.29, 1.82) is 0 Å². The molecular formula is C17H20FNO2. The number of nitrogens with one attached hydrogen (secondary N) is 1. The van der Waals surface area contributed by atoms with Gasteiger partial charge in [-0.3, -0.25) is 0 Å². The van der Waals surface area contributed by atoms with E-state index in [9.17, 15) is 9.50 Å². The van der Waals surface area contributed by atoms with Gasteiger partial charge >= 0.3 is 0 Å². The molecule has 0 aliphatic carbocycles. The van der Waals surface area contributed by atoms with E-state index in [2.05, 4.69) is 5.32 Å². The van der Waals surface area contributed by atoms with Gasteiger partial charge in [-0.05, 0) is 42.3 Å². The lowest BCUT2D eigenvalue weighted by atomic mass is 10.1. The summed E-state index contributed by atoms with van der Waals surface area (Å²) >= 11 is 0. The van der Waals surface area contributed by atoms with Crippen LogP contribution in [-0.4, -0.2) is 25.3 Å². The maximum atomic E-state index is 13.4. The van der Waals surface area contributed by atoms with Gasteiger partial charge in [0.1, 0.15) is 11.6 Å². The van der Waals surface area contributed by atoms with Crippen LogP contribution in [0.1, 0.15) is 17.2 Å². The summed E-state index contributed by atoms with van der Waals surface area (Å²) in [4.78, 5) is 0. The number of hydrogen-bond acceptors (Lipinski definition) is 3. The van der Waals surface area contributed by atoms with Crippen molar-refractivity contribution < 1.29 is 14.2 Å². The van der Waals surface area contributed by atoms with Crippen molar-refractivity contribution >= 4 is 0 Å².